The summed E-state index contributed by atoms with van der Waals surface area (Å²) in [5, 5.41) is 0. The first-order valence-corrected chi connectivity index (χ1v) is 8.11. The molecule has 0 amide bonds. The minimum absolute atomic E-state index is 0.242. The van der Waals surface area contributed by atoms with Crippen LogP contribution in [-0.2, 0) is 24.8 Å². The lowest BCUT2D eigenvalue weighted by molar-refractivity contribution is -0.158. The molecule has 1 rings (SSSR count). The summed E-state index contributed by atoms with van der Waals surface area (Å²) in [6.07, 6.45) is 0.335. The van der Waals surface area contributed by atoms with Crippen molar-refractivity contribution in [1.82, 2.24) is 0 Å². The van der Waals surface area contributed by atoms with Gasteiger partial charge in [-0.15, -0.1) is 11.8 Å². The van der Waals surface area contributed by atoms with Crippen LogP contribution in [0.1, 0.15) is 32.8 Å². The first kappa shape index (κ1) is 17.6. The van der Waals surface area contributed by atoms with Crippen LogP contribution in [0.15, 0.2) is 30.3 Å². The second-order valence-electron chi connectivity index (χ2n) is 4.40. The molecule has 5 heteroatoms. The van der Waals surface area contributed by atoms with Crippen LogP contribution in [0, 0.1) is 0 Å². The van der Waals surface area contributed by atoms with Gasteiger partial charge in [0.05, 0.1) is 13.2 Å². The Morgan fingerprint density at radius 1 is 1.00 bits per heavy atom. The zero-order valence-electron chi connectivity index (χ0n) is 12.8. The Morgan fingerprint density at radius 2 is 1.52 bits per heavy atom. The molecule has 0 heterocycles. The zero-order valence-corrected chi connectivity index (χ0v) is 13.6. The Kier molecular flexibility index (Phi) is 7.29. The van der Waals surface area contributed by atoms with E-state index in [-0.39, 0.29) is 13.2 Å². The van der Waals surface area contributed by atoms with Crippen LogP contribution >= 0.6 is 11.8 Å². The molecule has 0 aromatic heterocycles. The molecule has 0 aliphatic rings. The van der Waals surface area contributed by atoms with Crippen molar-refractivity contribution in [3.8, 4) is 0 Å². The Labute approximate surface area is 130 Å². The van der Waals surface area contributed by atoms with E-state index in [1.54, 1.807) is 20.8 Å². The number of hydrogen-bond donors (Lipinski definition) is 0. The molecule has 0 saturated heterocycles. The molecule has 0 unspecified atom stereocenters. The minimum atomic E-state index is -1.29. The Morgan fingerprint density at radius 3 is 1.95 bits per heavy atom. The fourth-order valence-electron chi connectivity index (χ4n) is 1.87. The van der Waals surface area contributed by atoms with Crippen LogP contribution < -0.4 is 0 Å². The Bertz CT molecular complexity index is 441. The molecule has 21 heavy (non-hydrogen) atoms. The summed E-state index contributed by atoms with van der Waals surface area (Å²) >= 11 is 1.27. The summed E-state index contributed by atoms with van der Waals surface area (Å²) in [4.78, 5) is 24.6. The van der Waals surface area contributed by atoms with Crippen molar-refractivity contribution in [2.75, 3.05) is 13.2 Å². The van der Waals surface area contributed by atoms with E-state index in [1.807, 2.05) is 30.3 Å². The lowest BCUT2D eigenvalue weighted by Gasteiger charge is -2.27. The van der Waals surface area contributed by atoms with Gasteiger partial charge < -0.3 is 9.47 Å². The largest absolute Gasteiger partial charge is 0.465 e. The second-order valence-corrected chi connectivity index (χ2v) is 5.67. The van der Waals surface area contributed by atoms with Crippen LogP contribution in [0.3, 0.4) is 0 Å². The molecule has 1 aromatic rings. The maximum absolute atomic E-state index is 12.3. The van der Waals surface area contributed by atoms with Crippen molar-refractivity contribution in [3.05, 3.63) is 35.9 Å². The smallest absolute Gasteiger partial charge is 0.333 e. The molecule has 0 radical (unpaired) electrons. The highest BCUT2D eigenvalue weighted by atomic mass is 32.2. The second kappa shape index (κ2) is 8.72. The van der Waals surface area contributed by atoms with Crippen molar-refractivity contribution < 1.29 is 19.1 Å². The van der Waals surface area contributed by atoms with Gasteiger partial charge in [-0.2, -0.15) is 0 Å². The van der Waals surface area contributed by atoms with E-state index in [9.17, 15) is 9.59 Å². The van der Waals surface area contributed by atoms with E-state index in [1.165, 1.54) is 11.8 Å². The monoisotopic (exact) mass is 310 g/mol. The average molecular weight is 310 g/mol. The molecule has 0 aliphatic carbocycles. The molecule has 0 fully saturated rings. The molecule has 0 aliphatic heterocycles. The van der Waals surface area contributed by atoms with Crippen molar-refractivity contribution in [3.63, 3.8) is 0 Å². The molecule has 116 valence electrons. The molecule has 4 nitrogen and oxygen atoms in total. The standard InChI is InChI=1S/C16H22O4S/c1-4-16(14(17)19-5-2,15(18)20-6-3)21-12-13-10-8-7-9-11-13/h7-11H,4-6,12H2,1-3H3. The normalized spacial score (nSPS) is 11.0. The highest BCUT2D eigenvalue weighted by Crippen LogP contribution is 2.35. The van der Waals surface area contributed by atoms with Crippen molar-refractivity contribution in [2.45, 2.75) is 37.7 Å². The molecule has 0 bridgehead atoms. The topological polar surface area (TPSA) is 52.6 Å². The van der Waals surface area contributed by atoms with Gasteiger partial charge in [-0.3, -0.25) is 0 Å². The van der Waals surface area contributed by atoms with Crippen LogP contribution in [0.25, 0.3) is 0 Å². The first-order chi connectivity index (χ1) is 10.1. The number of thioether (sulfide) groups is 1. The molecule has 0 spiro atoms. The summed E-state index contributed by atoms with van der Waals surface area (Å²) in [5.74, 6) is -0.495. The maximum Gasteiger partial charge on any atom is 0.333 e. The number of carbonyl (C=O) groups excluding carboxylic acids is 2. The average Bonchev–Trinajstić information content (AvgIpc) is 2.50. The van der Waals surface area contributed by atoms with Crippen LogP contribution in [0.4, 0.5) is 0 Å². The fourth-order valence-corrected chi connectivity index (χ4v) is 3.03. The third kappa shape index (κ3) is 4.49. The van der Waals surface area contributed by atoms with Gasteiger partial charge in [-0.1, -0.05) is 37.3 Å². The number of rotatable bonds is 8. The van der Waals surface area contributed by atoms with Crippen LogP contribution in [0.2, 0.25) is 0 Å². The van der Waals surface area contributed by atoms with E-state index < -0.39 is 16.7 Å². The highest BCUT2D eigenvalue weighted by molar-refractivity contribution is 8.01. The van der Waals surface area contributed by atoms with Gasteiger partial charge in [0.1, 0.15) is 0 Å². The van der Waals surface area contributed by atoms with Gasteiger partial charge in [0.2, 0.25) is 4.75 Å². The summed E-state index contributed by atoms with van der Waals surface area (Å²) in [6, 6.07) is 9.71. The third-order valence-corrected chi connectivity index (χ3v) is 4.63. The highest BCUT2D eigenvalue weighted by Gasteiger charge is 2.48. The number of esters is 2. The van der Waals surface area contributed by atoms with Crippen molar-refractivity contribution >= 4 is 23.7 Å². The summed E-state index contributed by atoms with van der Waals surface area (Å²) in [6.45, 7) is 5.74. The number of carbonyl (C=O) groups is 2. The summed E-state index contributed by atoms with van der Waals surface area (Å²) in [5.41, 5.74) is 1.05. The van der Waals surface area contributed by atoms with E-state index in [2.05, 4.69) is 0 Å². The molecule has 0 saturated carbocycles. The van der Waals surface area contributed by atoms with Gasteiger partial charge >= 0.3 is 11.9 Å². The molecular weight excluding hydrogens is 288 g/mol. The predicted molar refractivity (Wildman–Crippen MR) is 84.0 cm³/mol. The van der Waals surface area contributed by atoms with Gasteiger partial charge in [0, 0.05) is 5.75 Å². The van der Waals surface area contributed by atoms with Crippen LogP contribution in [-0.4, -0.2) is 29.9 Å². The number of hydrogen-bond acceptors (Lipinski definition) is 5. The minimum Gasteiger partial charge on any atom is -0.465 e. The van der Waals surface area contributed by atoms with Gasteiger partial charge in [0.15, 0.2) is 0 Å². The fraction of sp³-hybridized carbons (Fsp3) is 0.500. The third-order valence-electron chi connectivity index (χ3n) is 3.04. The predicted octanol–water partition coefficient (Wildman–Crippen LogP) is 3.19. The summed E-state index contributed by atoms with van der Waals surface area (Å²) < 4.78 is 8.90. The number of benzene rings is 1. The van der Waals surface area contributed by atoms with E-state index in [0.717, 1.165) is 5.56 Å². The zero-order chi connectivity index (χ0) is 15.7. The lowest BCUT2D eigenvalue weighted by Crippen LogP contribution is -2.45. The van der Waals surface area contributed by atoms with Gasteiger partial charge in [-0.25, -0.2) is 9.59 Å². The SMILES string of the molecule is CCOC(=O)C(CC)(SCc1ccccc1)C(=O)OCC. The Balaban J connectivity index is 2.94. The van der Waals surface area contributed by atoms with Gasteiger partial charge in [0.25, 0.3) is 0 Å². The van der Waals surface area contributed by atoms with Crippen LogP contribution in [0.5, 0.6) is 0 Å². The maximum atomic E-state index is 12.3. The first-order valence-electron chi connectivity index (χ1n) is 7.13. The molecule has 0 atom stereocenters. The molecule has 0 N–H and O–H groups in total. The number of ether oxygens (including phenoxy) is 2. The summed E-state index contributed by atoms with van der Waals surface area (Å²) in [7, 11) is 0. The van der Waals surface area contributed by atoms with Crippen molar-refractivity contribution in [2.24, 2.45) is 0 Å². The quantitative estimate of drug-likeness (QED) is 0.545. The van der Waals surface area contributed by atoms with Gasteiger partial charge in [-0.05, 0) is 25.8 Å². The molecule has 1 aromatic carbocycles. The molecular formula is C16H22O4S. The van der Waals surface area contributed by atoms with E-state index in [4.69, 9.17) is 9.47 Å². The van der Waals surface area contributed by atoms with Crippen molar-refractivity contribution in [1.29, 1.82) is 0 Å². The lowest BCUT2D eigenvalue weighted by atomic mass is 10.1. The van der Waals surface area contributed by atoms with E-state index in [0.29, 0.717) is 12.2 Å². The Hall–Kier alpha value is -1.49. The van der Waals surface area contributed by atoms with E-state index >= 15 is 0 Å².